The normalized spacial score (nSPS) is 10.6. The van der Waals surface area contributed by atoms with Crippen LogP contribution in [-0.2, 0) is 5.75 Å². The van der Waals surface area contributed by atoms with Crippen molar-refractivity contribution in [3.63, 3.8) is 0 Å². The van der Waals surface area contributed by atoms with Gasteiger partial charge in [-0.05, 0) is 42.3 Å². The van der Waals surface area contributed by atoms with Crippen LogP contribution in [0.3, 0.4) is 0 Å². The molecule has 0 spiro atoms. The zero-order valence-electron chi connectivity index (χ0n) is 9.91. The molecule has 0 aliphatic heterocycles. The minimum Gasteiger partial charge on any atom is -0.399 e. The largest absolute Gasteiger partial charge is 0.399 e. The molecule has 0 radical (unpaired) electrons. The van der Waals surface area contributed by atoms with E-state index in [1.807, 2.05) is 25.1 Å². The van der Waals surface area contributed by atoms with Crippen LogP contribution >= 0.6 is 23.4 Å². The molecule has 0 bridgehead atoms. The minimum absolute atomic E-state index is 0.267. The van der Waals surface area contributed by atoms with Crippen LogP contribution in [0.1, 0.15) is 11.1 Å². The molecule has 0 aromatic heterocycles. The summed E-state index contributed by atoms with van der Waals surface area (Å²) in [6, 6.07) is 10.5. The van der Waals surface area contributed by atoms with Gasteiger partial charge in [-0.25, -0.2) is 4.39 Å². The second kappa shape index (κ2) is 5.63. The summed E-state index contributed by atoms with van der Waals surface area (Å²) in [6.07, 6.45) is 0. The lowest BCUT2D eigenvalue weighted by Gasteiger charge is -2.07. The van der Waals surface area contributed by atoms with E-state index in [2.05, 4.69) is 0 Å². The topological polar surface area (TPSA) is 26.0 Å². The third kappa shape index (κ3) is 3.18. The van der Waals surface area contributed by atoms with Gasteiger partial charge in [0.15, 0.2) is 0 Å². The maximum absolute atomic E-state index is 13.6. The van der Waals surface area contributed by atoms with E-state index in [4.69, 9.17) is 17.3 Å². The van der Waals surface area contributed by atoms with E-state index < -0.39 is 0 Å². The summed E-state index contributed by atoms with van der Waals surface area (Å²) < 4.78 is 13.6. The molecular formula is C14H13ClFNS. The first-order valence-electron chi connectivity index (χ1n) is 5.49. The van der Waals surface area contributed by atoms with Crippen LogP contribution in [-0.4, -0.2) is 0 Å². The van der Waals surface area contributed by atoms with E-state index in [1.54, 1.807) is 23.9 Å². The number of hydrogen-bond acceptors (Lipinski definition) is 2. The molecule has 0 amide bonds. The molecule has 0 heterocycles. The maximum Gasteiger partial charge on any atom is 0.128 e. The molecule has 2 rings (SSSR count). The van der Waals surface area contributed by atoms with E-state index in [9.17, 15) is 4.39 Å². The Morgan fingerprint density at radius 2 is 2.00 bits per heavy atom. The lowest BCUT2D eigenvalue weighted by molar-refractivity contribution is 0.617. The average Bonchev–Trinajstić information content (AvgIpc) is 2.32. The number of nitrogens with two attached hydrogens (primary N) is 1. The van der Waals surface area contributed by atoms with Gasteiger partial charge in [0.25, 0.3) is 0 Å². The molecule has 2 aromatic rings. The van der Waals surface area contributed by atoms with E-state index in [-0.39, 0.29) is 5.82 Å². The molecule has 2 aromatic carbocycles. The third-order valence-electron chi connectivity index (χ3n) is 2.61. The first-order chi connectivity index (χ1) is 8.56. The lowest BCUT2D eigenvalue weighted by Crippen LogP contribution is -1.90. The average molecular weight is 282 g/mol. The van der Waals surface area contributed by atoms with Gasteiger partial charge in [-0.15, -0.1) is 11.8 Å². The van der Waals surface area contributed by atoms with Gasteiger partial charge < -0.3 is 5.73 Å². The Balaban J connectivity index is 2.13. The molecule has 18 heavy (non-hydrogen) atoms. The summed E-state index contributed by atoms with van der Waals surface area (Å²) in [5.41, 5.74) is 8.25. The summed E-state index contributed by atoms with van der Waals surface area (Å²) >= 11 is 7.29. The Morgan fingerprint density at radius 3 is 2.72 bits per heavy atom. The third-order valence-corrected chi connectivity index (χ3v) is 4.05. The number of thioether (sulfide) groups is 1. The van der Waals surface area contributed by atoms with Crippen LogP contribution < -0.4 is 5.73 Å². The fourth-order valence-corrected chi connectivity index (χ4v) is 2.79. The molecule has 2 N–H and O–H groups in total. The van der Waals surface area contributed by atoms with E-state index in [0.29, 0.717) is 16.3 Å². The van der Waals surface area contributed by atoms with Crippen molar-refractivity contribution in [1.82, 2.24) is 0 Å². The highest BCUT2D eigenvalue weighted by Crippen LogP contribution is 2.29. The van der Waals surface area contributed by atoms with Gasteiger partial charge in [0, 0.05) is 21.4 Å². The predicted molar refractivity (Wildman–Crippen MR) is 76.6 cm³/mol. The fraction of sp³-hybridized carbons (Fsp3) is 0.143. The SMILES string of the molecule is Cc1ccc(N)cc1SCc1ccc(Cl)cc1F. The first-order valence-corrected chi connectivity index (χ1v) is 6.85. The minimum atomic E-state index is -0.267. The van der Waals surface area contributed by atoms with Crippen molar-refractivity contribution in [2.75, 3.05) is 5.73 Å². The van der Waals surface area contributed by atoms with Crippen molar-refractivity contribution in [3.05, 3.63) is 58.4 Å². The zero-order valence-corrected chi connectivity index (χ0v) is 11.5. The second-order valence-electron chi connectivity index (χ2n) is 4.05. The Bertz CT molecular complexity index is 572. The molecular weight excluding hydrogens is 269 g/mol. The van der Waals surface area contributed by atoms with Crippen LogP contribution in [0.15, 0.2) is 41.3 Å². The van der Waals surface area contributed by atoms with Gasteiger partial charge in [0.1, 0.15) is 5.82 Å². The molecule has 0 saturated carbocycles. The molecule has 0 saturated heterocycles. The van der Waals surface area contributed by atoms with Crippen LogP contribution in [0, 0.1) is 12.7 Å². The number of anilines is 1. The van der Waals surface area contributed by atoms with Crippen molar-refractivity contribution >= 4 is 29.1 Å². The Hall–Kier alpha value is -1.19. The van der Waals surface area contributed by atoms with E-state index >= 15 is 0 Å². The number of benzene rings is 2. The summed E-state index contributed by atoms with van der Waals surface area (Å²) in [7, 11) is 0. The summed E-state index contributed by atoms with van der Waals surface area (Å²) in [5.74, 6) is 0.296. The Morgan fingerprint density at radius 1 is 1.22 bits per heavy atom. The second-order valence-corrected chi connectivity index (χ2v) is 5.50. The van der Waals surface area contributed by atoms with Crippen LogP contribution in [0.2, 0.25) is 5.02 Å². The standard InChI is InChI=1S/C14H13ClFNS/c1-9-2-5-12(17)7-14(9)18-8-10-3-4-11(15)6-13(10)16/h2-7H,8,17H2,1H3. The predicted octanol–water partition coefficient (Wildman–Crippen LogP) is 4.66. The quantitative estimate of drug-likeness (QED) is 0.654. The first kappa shape index (κ1) is 13.2. The molecule has 0 atom stereocenters. The fourth-order valence-electron chi connectivity index (χ4n) is 1.57. The molecule has 94 valence electrons. The Kier molecular flexibility index (Phi) is 4.15. The monoisotopic (exact) mass is 281 g/mol. The number of aryl methyl sites for hydroxylation is 1. The molecule has 0 unspecified atom stereocenters. The number of hydrogen-bond donors (Lipinski definition) is 1. The van der Waals surface area contributed by atoms with Crippen molar-refractivity contribution in [3.8, 4) is 0 Å². The van der Waals surface area contributed by atoms with Crippen molar-refractivity contribution < 1.29 is 4.39 Å². The van der Waals surface area contributed by atoms with Crippen molar-refractivity contribution in [2.45, 2.75) is 17.6 Å². The summed E-state index contributed by atoms with van der Waals surface area (Å²) in [6.45, 7) is 2.01. The molecule has 0 aliphatic rings. The molecule has 1 nitrogen and oxygen atoms in total. The van der Waals surface area contributed by atoms with E-state index in [1.165, 1.54) is 6.07 Å². The van der Waals surface area contributed by atoms with Crippen LogP contribution in [0.4, 0.5) is 10.1 Å². The van der Waals surface area contributed by atoms with E-state index in [0.717, 1.165) is 16.1 Å². The van der Waals surface area contributed by atoms with Gasteiger partial charge in [0.2, 0.25) is 0 Å². The van der Waals surface area contributed by atoms with Gasteiger partial charge >= 0.3 is 0 Å². The molecule has 4 heteroatoms. The Labute approximate surface area is 115 Å². The number of halogens is 2. The summed E-state index contributed by atoms with van der Waals surface area (Å²) in [4.78, 5) is 1.07. The maximum atomic E-state index is 13.6. The zero-order chi connectivity index (χ0) is 13.1. The van der Waals surface area contributed by atoms with Crippen molar-refractivity contribution in [1.29, 1.82) is 0 Å². The van der Waals surface area contributed by atoms with Crippen LogP contribution in [0.5, 0.6) is 0 Å². The highest BCUT2D eigenvalue weighted by molar-refractivity contribution is 7.98. The molecule has 0 aliphatic carbocycles. The summed E-state index contributed by atoms with van der Waals surface area (Å²) in [5, 5.41) is 0.418. The number of rotatable bonds is 3. The van der Waals surface area contributed by atoms with Gasteiger partial charge in [0.05, 0.1) is 0 Å². The smallest absolute Gasteiger partial charge is 0.128 e. The molecule has 0 fully saturated rings. The highest BCUT2D eigenvalue weighted by atomic mass is 35.5. The van der Waals surface area contributed by atoms with Gasteiger partial charge in [-0.3, -0.25) is 0 Å². The highest BCUT2D eigenvalue weighted by Gasteiger charge is 2.05. The van der Waals surface area contributed by atoms with Crippen LogP contribution in [0.25, 0.3) is 0 Å². The lowest BCUT2D eigenvalue weighted by atomic mass is 10.2. The van der Waals surface area contributed by atoms with Gasteiger partial charge in [-0.2, -0.15) is 0 Å². The number of nitrogen functional groups attached to an aromatic ring is 1. The van der Waals surface area contributed by atoms with Crippen molar-refractivity contribution in [2.24, 2.45) is 0 Å². The van der Waals surface area contributed by atoms with Gasteiger partial charge in [-0.1, -0.05) is 23.7 Å².